The van der Waals surface area contributed by atoms with E-state index in [-0.39, 0.29) is 12.0 Å². The number of aliphatic carboxylic acids is 1. The van der Waals surface area contributed by atoms with Gasteiger partial charge in [0.05, 0.1) is 4.47 Å². The van der Waals surface area contributed by atoms with Gasteiger partial charge in [-0.1, -0.05) is 0 Å². The zero-order chi connectivity index (χ0) is 12.2. The largest absolute Gasteiger partial charge is 0.481 e. The average molecular weight is 288 g/mol. The van der Waals surface area contributed by atoms with Gasteiger partial charge in [0.1, 0.15) is 12.1 Å². The molecule has 0 aliphatic rings. The third-order valence-electron chi connectivity index (χ3n) is 2.09. The van der Waals surface area contributed by atoms with Gasteiger partial charge in [0.2, 0.25) is 0 Å². The van der Waals surface area contributed by atoms with Crippen LogP contribution in [0.5, 0.6) is 0 Å². The number of nitrogens with one attached hydrogen (secondary N) is 1. The minimum Gasteiger partial charge on any atom is -0.481 e. The number of carbonyl (C=O) groups is 1. The zero-order valence-electron chi connectivity index (χ0n) is 9.20. The number of aromatic nitrogens is 2. The van der Waals surface area contributed by atoms with Crippen molar-refractivity contribution in [2.45, 2.75) is 32.2 Å². The standard InChI is InChI=1S/C10H14BrN3O2/c1-10(2,4-3-8(15)16)14-9-7(11)5-12-6-13-9/h5-6H,3-4H2,1-2H3,(H,15,16)(H,12,13,14). The lowest BCUT2D eigenvalue weighted by Crippen LogP contribution is -2.32. The molecule has 0 aliphatic carbocycles. The second-order valence-electron chi connectivity index (χ2n) is 4.12. The summed E-state index contributed by atoms with van der Waals surface area (Å²) in [5.74, 6) is -0.123. The summed E-state index contributed by atoms with van der Waals surface area (Å²) >= 11 is 3.33. The smallest absolute Gasteiger partial charge is 0.303 e. The Hall–Kier alpha value is -1.17. The molecule has 6 heteroatoms. The molecule has 2 N–H and O–H groups in total. The Kier molecular flexibility index (Phi) is 4.23. The van der Waals surface area contributed by atoms with E-state index in [1.165, 1.54) is 6.33 Å². The van der Waals surface area contributed by atoms with E-state index < -0.39 is 5.97 Å². The number of halogens is 1. The van der Waals surface area contributed by atoms with Gasteiger partial charge in [0.25, 0.3) is 0 Å². The highest BCUT2D eigenvalue weighted by atomic mass is 79.9. The first-order valence-electron chi connectivity index (χ1n) is 4.86. The highest BCUT2D eigenvalue weighted by Crippen LogP contribution is 2.23. The normalized spacial score (nSPS) is 11.2. The predicted molar refractivity (Wildman–Crippen MR) is 64.3 cm³/mol. The summed E-state index contributed by atoms with van der Waals surface area (Å²) in [6.45, 7) is 3.87. The first-order valence-corrected chi connectivity index (χ1v) is 5.65. The van der Waals surface area contributed by atoms with Crippen LogP contribution < -0.4 is 5.32 Å². The molecule has 0 amide bonds. The number of hydrogen-bond donors (Lipinski definition) is 2. The van der Waals surface area contributed by atoms with Gasteiger partial charge in [-0.05, 0) is 36.2 Å². The molecule has 88 valence electrons. The summed E-state index contributed by atoms with van der Waals surface area (Å²) in [5.41, 5.74) is -0.324. The van der Waals surface area contributed by atoms with Crippen LogP contribution in [0, 0.1) is 0 Å². The van der Waals surface area contributed by atoms with Gasteiger partial charge in [-0.25, -0.2) is 9.97 Å². The maximum absolute atomic E-state index is 10.5. The summed E-state index contributed by atoms with van der Waals surface area (Å²) in [5, 5.41) is 11.8. The van der Waals surface area contributed by atoms with Crippen molar-refractivity contribution >= 4 is 27.7 Å². The molecule has 0 unspecified atom stereocenters. The molecule has 0 saturated carbocycles. The number of rotatable bonds is 5. The van der Waals surface area contributed by atoms with E-state index in [1.54, 1.807) is 6.20 Å². The van der Waals surface area contributed by atoms with Crippen LogP contribution in [0.2, 0.25) is 0 Å². The van der Waals surface area contributed by atoms with Crippen LogP contribution in [-0.2, 0) is 4.79 Å². The van der Waals surface area contributed by atoms with Gasteiger partial charge in [-0.15, -0.1) is 0 Å². The number of carboxylic acid groups (broad SMARTS) is 1. The van der Waals surface area contributed by atoms with Gasteiger partial charge in [0, 0.05) is 18.2 Å². The molecule has 0 radical (unpaired) electrons. The lowest BCUT2D eigenvalue weighted by Gasteiger charge is -2.26. The summed E-state index contributed by atoms with van der Waals surface area (Å²) in [4.78, 5) is 18.4. The predicted octanol–water partition coefficient (Wildman–Crippen LogP) is 2.29. The van der Waals surface area contributed by atoms with Crippen LogP contribution in [0.4, 0.5) is 5.82 Å². The van der Waals surface area contributed by atoms with Gasteiger partial charge in [-0.2, -0.15) is 0 Å². The average Bonchev–Trinajstić information content (AvgIpc) is 2.19. The molecule has 1 aromatic rings. The molecule has 0 saturated heterocycles. The van der Waals surface area contributed by atoms with Crippen molar-refractivity contribution in [2.24, 2.45) is 0 Å². The summed E-state index contributed by atoms with van der Waals surface area (Å²) in [7, 11) is 0. The number of carboxylic acids is 1. The molecule has 0 spiro atoms. The number of hydrogen-bond acceptors (Lipinski definition) is 4. The second-order valence-corrected chi connectivity index (χ2v) is 4.98. The fraction of sp³-hybridized carbons (Fsp3) is 0.500. The van der Waals surface area contributed by atoms with Crippen LogP contribution in [-0.4, -0.2) is 26.6 Å². The first kappa shape index (κ1) is 12.9. The molecule has 0 bridgehead atoms. The maximum atomic E-state index is 10.5. The highest BCUT2D eigenvalue weighted by molar-refractivity contribution is 9.10. The monoisotopic (exact) mass is 287 g/mol. The van der Waals surface area contributed by atoms with Crippen molar-refractivity contribution in [3.8, 4) is 0 Å². The molecule has 0 aromatic carbocycles. The number of anilines is 1. The van der Waals surface area contributed by atoms with Gasteiger partial charge >= 0.3 is 5.97 Å². The molecule has 0 aliphatic heterocycles. The molecule has 1 rings (SSSR count). The Morgan fingerprint density at radius 1 is 1.62 bits per heavy atom. The number of nitrogens with zero attached hydrogens (tertiary/aromatic N) is 2. The van der Waals surface area contributed by atoms with Gasteiger partial charge in [-0.3, -0.25) is 4.79 Å². The van der Waals surface area contributed by atoms with Crippen molar-refractivity contribution in [2.75, 3.05) is 5.32 Å². The van der Waals surface area contributed by atoms with Crippen molar-refractivity contribution < 1.29 is 9.90 Å². The second kappa shape index (κ2) is 5.25. The Labute approximate surface area is 102 Å². The molecule has 1 heterocycles. The molecule has 0 atom stereocenters. The van der Waals surface area contributed by atoms with Gasteiger partial charge in [0.15, 0.2) is 0 Å². The molecule has 0 fully saturated rings. The molecule has 5 nitrogen and oxygen atoms in total. The SMILES string of the molecule is CC(C)(CCC(=O)O)Nc1ncncc1Br. The molecular weight excluding hydrogens is 274 g/mol. The van der Waals surface area contributed by atoms with E-state index in [0.29, 0.717) is 12.2 Å². The van der Waals surface area contributed by atoms with Crippen molar-refractivity contribution in [1.29, 1.82) is 0 Å². The minimum absolute atomic E-state index is 0.128. The Morgan fingerprint density at radius 2 is 2.31 bits per heavy atom. The molecule has 16 heavy (non-hydrogen) atoms. The lowest BCUT2D eigenvalue weighted by molar-refractivity contribution is -0.137. The summed E-state index contributed by atoms with van der Waals surface area (Å²) < 4.78 is 0.762. The third kappa shape index (κ3) is 4.14. The third-order valence-corrected chi connectivity index (χ3v) is 2.67. The van der Waals surface area contributed by atoms with Crippen LogP contribution >= 0.6 is 15.9 Å². The molecule has 1 aromatic heterocycles. The minimum atomic E-state index is -0.795. The topological polar surface area (TPSA) is 75.1 Å². The van der Waals surface area contributed by atoms with E-state index in [9.17, 15) is 4.79 Å². The Morgan fingerprint density at radius 3 is 2.88 bits per heavy atom. The lowest BCUT2D eigenvalue weighted by atomic mass is 9.98. The van der Waals surface area contributed by atoms with Crippen molar-refractivity contribution in [3.05, 3.63) is 17.0 Å². The zero-order valence-corrected chi connectivity index (χ0v) is 10.8. The van der Waals surface area contributed by atoms with Crippen LogP contribution in [0.1, 0.15) is 26.7 Å². The van der Waals surface area contributed by atoms with Crippen LogP contribution in [0.3, 0.4) is 0 Å². The Bertz CT molecular complexity index is 382. The quantitative estimate of drug-likeness (QED) is 0.869. The maximum Gasteiger partial charge on any atom is 0.303 e. The summed E-state index contributed by atoms with van der Waals surface area (Å²) in [6, 6.07) is 0. The van der Waals surface area contributed by atoms with Crippen LogP contribution in [0.25, 0.3) is 0 Å². The van der Waals surface area contributed by atoms with Crippen molar-refractivity contribution in [1.82, 2.24) is 9.97 Å². The fourth-order valence-corrected chi connectivity index (χ4v) is 1.53. The van der Waals surface area contributed by atoms with Gasteiger partial charge < -0.3 is 10.4 Å². The highest BCUT2D eigenvalue weighted by Gasteiger charge is 2.20. The first-order chi connectivity index (χ1) is 7.41. The Balaban J connectivity index is 2.65. The van der Waals surface area contributed by atoms with E-state index in [1.807, 2.05) is 13.8 Å². The molecular formula is C10H14BrN3O2. The fourth-order valence-electron chi connectivity index (χ4n) is 1.21. The van der Waals surface area contributed by atoms with E-state index in [4.69, 9.17) is 5.11 Å². The van der Waals surface area contributed by atoms with Crippen molar-refractivity contribution in [3.63, 3.8) is 0 Å². The summed E-state index contributed by atoms with van der Waals surface area (Å²) in [6.07, 6.45) is 3.74. The van der Waals surface area contributed by atoms with E-state index in [0.717, 1.165) is 4.47 Å². The van der Waals surface area contributed by atoms with E-state index in [2.05, 4.69) is 31.2 Å². The van der Waals surface area contributed by atoms with E-state index >= 15 is 0 Å². The van der Waals surface area contributed by atoms with Crippen LogP contribution in [0.15, 0.2) is 17.0 Å².